The van der Waals surface area contributed by atoms with E-state index >= 15 is 0 Å². The number of nitrogens with zero attached hydrogens (tertiary/aromatic N) is 1. The summed E-state index contributed by atoms with van der Waals surface area (Å²) in [4.78, 5) is 2.38. The van der Waals surface area contributed by atoms with Crippen LogP contribution in [0.15, 0.2) is 18.2 Å². The summed E-state index contributed by atoms with van der Waals surface area (Å²) in [5.41, 5.74) is 7.70. The number of hydrogen-bond donors (Lipinski definition) is 2. The monoisotopic (exact) mass is 294 g/mol. The highest BCUT2D eigenvalue weighted by molar-refractivity contribution is 6.30. The first-order chi connectivity index (χ1) is 9.62. The Labute approximate surface area is 125 Å². The number of rotatable bonds is 2. The van der Waals surface area contributed by atoms with E-state index in [-0.39, 0.29) is 0 Å². The lowest BCUT2D eigenvalue weighted by Crippen LogP contribution is -2.53. The number of fused-ring (bicyclic) bond motifs is 1. The van der Waals surface area contributed by atoms with Crippen LogP contribution in [-0.2, 0) is 6.54 Å². The van der Waals surface area contributed by atoms with Gasteiger partial charge in [0, 0.05) is 36.3 Å². The van der Waals surface area contributed by atoms with Crippen molar-refractivity contribution in [2.24, 2.45) is 11.7 Å². The second-order valence-electron chi connectivity index (χ2n) is 6.22. The molecule has 1 aliphatic heterocycles. The highest BCUT2D eigenvalue weighted by Gasteiger charge is 2.42. The second-order valence-corrected chi connectivity index (χ2v) is 6.66. The van der Waals surface area contributed by atoms with Crippen LogP contribution in [0.25, 0.3) is 0 Å². The van der Waals surface area contributed by atoms with Gasteiger partial charge in [0.25, 0.3) is 0 Å². The predicted octanol–water partition coefficient (Wildman–Crippen LogP) is 2.93. The third-order valence-corrected chi connectivity index (χ3v) is 5.26. The van der Waals surface area contributed by atoms with Crippen molar-refractivity contribution in [2.45, 2.75) is 44.2 Å². The van der Waals surface area contributed by atoms with Crippen molar-refractivity contribution in [3.63, 3.8) is 0 Å². The standard InChI is InChI=1S/C16H23ClN2O/c17-14-4-5-15(12(9-14)10-18)19-8-7-16(20)6-2-1-3-13(16)11-19/h4-5,9,13,20H,1-3,6-8,10-11,18H2. The van der Waals surface area contributed by atoms with E-state index < -0.39 is 5.60 Å². The zero-order valence-corrected chi connectivity index (χ0v) is 12.6. The molecule has 1 aromatic rings. The largest absolute Gasteiger partial charge is 0.389 e. The molecule has 2 unspecified atom stereocenters. The molecule has 0 aromatic heterocycles. The fraction of sp³-hybridized carbons (Fsp3) is 0.625. The van der Waals surface area contributed by atoms with Crippen molar-refractivity contribution < 1.29 is 5.11 Å². The van der Waals surface area contributed by atoms with E-state index in [2.05, 4.69) is 11.0 Å². The Morgan fingerprint density at radius 2 is 2.20 bits per heavy atom. The molecule has 0 bridgehead atoms. The first kappa shape index (κ1) is 14.2. The normalized spacial score (nSPS) is 30.1. The van der Waals surface area contributed by atoms with E-state index in [1.165, 1.54) is 18.5 Å². The molecular weight excluding hydrogens is 272 g/mol. The zero-order chi connectivity index (χ0) is 14.2. The van der Waals surface area contributed by atoms with Gasteiger partial charge in [-0.2, -0.15) is 0 Å². The molecule has 0 spiro atoms. The third-order valence-electron chi connectivity index (χ3n) is 5.03. The molecule has 4 heteroatoms. The lowest BCUT2D eigenvalue weighted by Gasteiger charge is -2.48. The molecule has 20 heavy (non-hydrogen) atoms. The topological polar surface area (TPSA) is 49.5 Å². The Kier molecular flexibility index (Phi) is 3.93. The summed E-state index contributed by atoms with van der Waals surface area (Å²) in [7, 11) is 0. The van der Waals surface area contributed by atoms with Crippen LogP contribution in [0.2, 0.25) is 5.02 Å². The van der Waals surface area contributed by atoms with E-state index in [1.807, 2.05) is 12.1 Å². The fourth-order valence-electron chi connectivity index (χ4n) is 3.82. The molecule has 1 saturated heterocycles. The molecule has 110 valence electrons. The number of nitrogens with two attached hydrogens (primary N) is 1. The van der Waals surface area contributed by atoms with E-state index in [9.17, 15) is 5.11 Å². The minimum atomic E-state index is -0.427. The maximum Gasteiger partial charge on any atom is 0.0709 e. The molecule has 3 N–H and O–H groups in total. The van der Waals surface area contributed by atoms with Crippen molar-refractivity contribution in [1.82, 2.24) is 0 Å². The van der Waals surface area contributed by atoms with Crippen LogP contribution in [0.4, 0.5) is 5.69 Å². The third kappa shape index (κ3) is 2.54. The van der Waals surface area contributed by atoms with E-state index in [1.54, 1.807) is 0 Å². The average Bonchev–Trinajstić information content (AvgIpc) is 2.46. The summed E-state index contributed by atoms with van der Waals surface area (Å²) >= 11 is 6.05. The van der Waals surface area contributed by atoms with Gasteiger partial charge < -0.3 is 15.7 Å². The quantitative estimate of drug-likeness (QED) is 0.882. The Bertz CT molecular complexity index is 493. The van der Waals surface area contributed by atoms with Gasteiger partial charge in [-0.1, -0.05) is 24.4 Å². The average molecular weight is 295 g/mol. The van der Waals surface area contributed by atoms with Crippen molar-refractivity contribution in [3.8, 4) is 0 Å². The van der Waals surface area contributed by atoms with Crippen molar-refractivity contribution in [1.29, 1.82) is 0 Å². The number of aliphatic hydroxyl groups is 1. The fourth-order valence-corrected chi connectivity index (χ4v) is 4.01. The summed E-state index contributed by atoms with van der Waals surface area (Å²) < 4.78 is 0. The molecule has 2 aliphatic rings. The molecule has 3 nitrogen and oxygen atoms in total. The number of benzene rings is 1. The van der Waals surface area contributed by atoms with Crippen LogP contribution < -0.4 is 10.6 Å². The van der Waals surface area contributed by atoms with E-state index in [0.717, 1.165) is 42.9 Å². The first-order valence-electron chi connectivity index (χ1n) is 7.58. The van der Waals surface area contributed by atoms with E-state index in [0.29, 0.717) is 12.5 Å². The molecule has 3 rings (SSSR count). The van der Waals surface area contributed by atoms with Crippen molar-refractivity contribution >= 4 is 17.3 Å². The van der Waals surface area contributed by atoms with Crippen LogP contribution in [0.5, 0.6) is 0 Å². The van der Waals surface area contributed by atoms with Gasteiger partial charge in [0.2, 0.25) is 0 Å². The van der Waals surface area contributed by atoms with Crippen LogP contribution in [-0.4, -0.2) is 23.8 Å². The van der Waals surface area contributed by atoms with Crippen molar-refractivity contribution in [2.75, 3.05) is 18.0 Å². The van der Waals surface area contributed by atoms with Gasteiger partial charge in [0.05, 0.1) is 5.60 Å². The molecule has 1 aliphatic carbocycles. The van der Waals surface area contributed by atoms with Crippen LogP contribution in [0.1, 0.15) is 37.7 Å². The predicted molar refractivity (Wildman–Crippen MR) is 83.1 cm³/mol. The molecule has 0 amide bonds. The van der Waals surface area contributed by atoms with Crippen LogP contribution in [0, 0.1) is 5.92 Å². The minimum absolute atomic E-state index is 0.395. The molecule has 1 heterocycles. The maximum atomic E-state index is 10.8. The van der Waals surface area contributed by atoms with Gasteiger partial charge in [-0.3, -0.25) is 0 Å². The van der Waals surface area contributed by atoms with Gasteiger partial charge >= 0.3 is 0 Å². The SMILES string of the molecule is NCc1cc(Cl)ccc1N1CCC2(O)CCCCC2C1. The number of halogens is 1. The summed E-state index contributed by atoms with van der Waals surface area (Å²) in [5, 5.41) is 11.5. The lowest BCUT2D eigenvalue weighted by molar-refractivity contribution is -0.0612. The van der Waals surface area contributed by atoms with Gasteiger partial charge in [0.15, 0.2) is 0 Å². The van der Waals surface area contributed by atoms with Gasteiger partial charge in [-0.25, -0.2) is 0 Å². The molecule has 2 atom stereocenters. The summed E-state index contributed by atoms with van der Waals surface area (Å²) in [6.45, 7) is 2.34. The molecule has 1 saturated carbocycles. The summed E-state index contributed by atoms with van der Waals surface area (Å²) in [6.07, 6.45) is 5.38. The zero-order valence-electron chi connectivity index (χ0n) is 11.8. The highest BCUT2D eigenvalue weighted by atomic mass is 35.5. The summed E-state index contributed by atoms with van der Waals surface area (Å²) in [5.74, 6) is 0.395. The molecular formula is C16H23ClN2O. The van der Waals surface area contributed by atoms with Crippen LogP contribution >= 0.6 is 11.6 Å². The lowest BCUT2D eigenvalue weighted by atomic mass is 9.71. The Hall–Kier alpha value is -0.770. The second kappa shape index (κ2) is 5.55. The smallest absolute Gasteiger partial charge is 0.0709 e. The maximum absolute atomic E-state index is 10.8. The minimum Gasteiger partial charge on any atom is -0.389 e. The van der Waals surface area contributed by atoms with E-state index in [4.69, 9.17) is 17.3 Å². The molecule has 2 fully saturated rings. The summed E-state index contributed by atoms with van der Waals surface area (Å²) in [6, 6.07) is 5.95. The molecule has 1 aromatic carbocycles. The van der Waals surface area contributed by atoms with Crippen LogP contribution in [0.3, 0.4) is 0 Å². The highest BCUT2D eigenvalue weighted by Crippen LogP contribution is 2.41. The Balaban J connectivity index is 1.82. The number of hydrogen-bond acceptors (Lipinski definition) is 3. The Morgan fingerprint density at radius 1 is 1.35 bits per heavy atom. The van der Waals surface area contributed by atoms with Gasteiger partial charge in [-0.05, 0) is 43.0 Å². The number of piperidine rings is 1. The number of anilines is 1. The molecule has 0 radical (unpaired) electrons. The Morgan fingerprint density at radius 3 is 3.00 bits per heavy atom. The van der Waals surface area contributed by atoms with Gasteiger partial charge in [0.1, 0.15) is 0 Å². The first-order valence-corrected chi connectivity index (χ1v) is 7.96. The van der Waals surface area contributed by atoms with Gasteiger partial charge in [-0.15, -0.1) is 0 Å². The van der Waals surface area contributed by atoms with Crippen molar-refractivity contribution in [3.05, 3.63) is 28.8 Å².